The minimum Gasteiger partial charge on any atom is -0.497 e. The van der Waals surface area contributed by atoms with Crippen molar-refractivity contribution in [3.8, 4) is 33.2 Å². The van der Waals surface area contributed by atoms with Gasteiger partial charge in [-0.1, -0.05) is 11.8 Å². The molecule has 1 heterocycles. The first-order valence-corrected chi connectivity index (χ1v) is 10.5. The molecule has 0 radical (unpaired) electrons. The minimum absolute atomic E-state index is 0.261. The fourth-order valence-electron chi connectivity index (χ4n) is 2.62. The first-order chi connectivity index (χ1) is 13.7. The van der Waals surface area contributed by atoms with Crippen molar-refractivity contribution in [1.29, 1.82) is 0 Å². The molecule has 0 saturated heterocycles. The van der Waals surface area contributed by atoms with Gasteiger partial charge in [0.1, 0.15) is 11.5 Å². The monoisotopic (exact) mass is 417 g/mol. The van der Waals surface area contributed by atoms with Crippen molar-refractivity contribution in [3.05, 3.63) is 48.5 Å². The van der Waals surface area contributed by atoms with E-state index in [1.165, 1.54) is 0 Å². The highest BCUT2D eigenvalue weighted by Gasteiger charge is 2.17. The predicted octanol–water partition coefficient (Wildman–Crippen LogP) is 5.21. The van der Waals surface area contributed by atoms with E-state index in [1.54, 1.807) is 51.5 Å². The van der Waals surface area contributed by atoms with E-state index in [0.717, 1.165) is 37.5 Å². The molecule has 0 aliphatic rings. The normalized spacial score (nSPS) is 11.0. The summed E-state index contributed by atoms with van der Waals surface area (Å²) in [7, 11) is 6.61. The lowest BCUT2D eigenvalue weighted by Crippen LogP contribution is -2.15. The molecule has 0 N–H and O–H groups in total. The number of nitrogens with zero attached hydrogens (tertiary/aromatic N) is 1. The number of ether oxygens (including phenoxy) is 4. The van der Waals surface area contributed by atoms with Crippen LogP contribution >= 0.6 is 23.1 Å². The number of hydrogen-bond donors (Lipinski definition) is 0. The van der Waals surface area contributed by atoms with Crippen molar-refractivity contribution in [3.63, 3.8) is 0 Å². The summed E-state index contributed by atoms with van der Waals surface area (Å²) in [5.74, 6) is 2.32. The predicted molar refractivity (Wildman–Crippen MR) is 115 cm³/mol. The first-order valence-electron chi connectivity index (χ1n) is 8.66. The maximum atomic E-state index is 5.28. The van der Waals surface area contributed by atoms with Crippen LogP contribution in [0.2, 0.25) is 0 Å². The summed E-state index contributed by atoms with van der Waals surface area (Å²) in [6.45, 7) is 0. The van der Waals surface area contributed by atoms with Crippen molar-refractivity contribution in [1.82, 2.24) is 4.98 Å². The van der Waals surface area contributed by atoms with Crippen molar-refractivity contribution < 1.29 is 18.9 Å². The molecule has 0 atom stereocenters. The molecule has 0 aliphatic carbocycles. The summed E-state index contributed by atoms with van der Waals surface area (Å²) in [5.41, 5.74) is 3.10. The maximum Gasteiger partial charge on any atom is 0.166 e. The van der Waals surface area contributed by atoms with E-state index >= 15 is 0 Å². The zero-order chi connectivity index (χ0) is 19.9. The molecule has 7 heteroatoms. The van der Waals surface area contributed by atoms with E-state index < -0.39 is 0 Å². The smallest absolute Gasteiger partial charge is 0.166 e. The van der Waals surface area contributed by atoms with Crippen LogP contribution in [0.1, 0.15) is 0 Å². The Kier molecular flexibility index (Phi) is 7.33. The van der Waals surface area contributed by atoms with Crippen LogP contribution in [0.5, 0.6) is 11.5 Å². The molecule has 0 amide bonds. The molecule has 0 saturated carbocycles. The molecule has 0 unspecified atom stereocenters. The highest BCUT2D eigenvalue weighted by molar-refractivity contribution is 8.01. The Morgan fingerprint density at radius 2 is 1.36 bits per heavy atom. The molecular weight excluding hydrogens is 394 g/mol. The number of benzene rings is 2. The topological polar surface area (TPSA) is 49.8 Å². The Morgan fingerprint density at radius 1 is 0.821 bits per heavy atom. The van der Waals surface area contributed by atoms with Gasteiger partial charge in [0.25, 0.3) is 0 Å². The zero-order valence-corrected chi connectivity index (χ0v) is 17.9. The van der Waals surface area contributed by atoms with Gasteiger partial charge in [-0.15, -0.1) is 11.3 Å². The van der Waals surface area contributed by atoms with Gasteiger partial charge in [-0.25, -0.2) is 4.98 Å². The quantitative estimate of drug-likeness (QED) is 0.352. The third-order valence-corrected chi connectivity index (χ3v) is 6.47. The Hall–Kier alpha value is -2.06. The van der Waals surface area contributed by atoms with Crippen molar-refractivity contribution in [2.24, 2.45) is 0 Å². The number of thiazole rings is 1. The van der Waals surface area contributed by atoms with Crippen LogP contribution in [0.3, 0.4) is 0 Å². The largest absolute Gasteiger partial charge is 0.497 e. The summed E-state index contributed by atoms with van der Waals surface area (Å²) in [6.07, 6.45) is -0.261. The Balaban J connectivity index is 1.96. The third-order valence-electron chi connectivity index (χ3n) is 4.19. The van der Waals surface area contributed by atoms with Crippen LogP contribution in [0.15, 0.2) is 52.9 Å². The molecule has 0 aliphatic heterocycles. The van der Waals surface area contributed by atoms with Crippen molar-refractivity contribution in [2.75, 3.05) is 34.2 Å². The number of thioether (sulfide) groups is 1. The van der Waals surface area contributed by atoms with Crippen LogP contribution in [-0.2, 0) is 9.47 Å². The third kappa shape index (κ3) is 4.86. The lowest BCUT2D eigenvalue weighted by atomic mass is 10.1. The molecule has 5 nitrogen and oxygen atoms in total. The van der Waals surface area contributed by atoms with Crippen molar-refractivity contribution >= 4 is 23.1 Å². The average Bonchev–Trinajstić information content (AvgIpc) is 3.19. The minimum atomic E-state index is -0.261. The summed E-state index contributed by atoms with van der Waals surface area (Å²) >= 11 is 3.29. The Labute approximate surface area is 173 Å². The van der Waals surface area contributed by atoms with Gasteiger partial charge in [0, 0.05) is 19.8 Å². The second-order valence-electron chi connectivity index (χ2n) is 5.83. The Morgan fingerprint density at radius 3 is 1.86 bits per heavy atom. The van der Waals surface area contributed by atoms with Crippen LogP contribution in [0.25, 0.3) is 21.7 Å². The molecule has 1 aromatic heterocycles. The fourth-order valence-corrected chi connectivity index (χ4v) is 4.84. The van der Waals surface area contributed by atoms with Gasteiger partial charge in [0.2, 0.25) is 0 Å². The summed E-state index contributed by atoms with van der Waals surface area (Å²) < 4.78 is 22.1. The van der Waals surface area contributed by atoms with E-state index in [2.05, 4.69) is 12.1 Å². The van der Waals surface area contributed by atoms with Crippen LogP contribution in [0.4, 0.5) is 0 Å². The van der Waals surface area contributed by atoms with Gasteiger partial charge < -0.3 is 18.9 Å². The van der Waals surface area contributed by atoms with Gasteiger partial charge in [0.05, 0.1) is 30.5 Å². The molecule has 28 heavy (non-hydrogen) atoms. The van der Waals surface area contributed by atoms with E-state index in [9.17, 15) is 0 Å². The number of aromatic nitrogens is 1. The maximum absolute atomic E-state index is 5.28. The Bertz CT molecular complexity index is 809. The van der Waals surface area contributed by atoms with Gasteiger partial charge in [-0.3, -0.25) is 0 Å². The molecule has 2 aromatic carbocycles. The summed E-state index contributed by atoms with van der Waals surface area (Å²) in [5, 5.41) is 0. The highest BCUT2D eigenvalue weighted by Crippen LogP contribution is 2.41. The molecule has 148 valence electrons. The summed E-state index contributed by atoms with van der Waals surface area (Å²) in [6, 6.07) is 16.0. The molecule has 3 rings (SSSR count). The second-order valence-corrected chi connectivity index (χ2v) is 8.09. The second kappa shape index (κ2) is 9.93. The average molecular weight is 418 g/mol. The van der Waals surface area contributed by atoms with Gasteiger partial charge in [0.15, 0.2) is 10.6 Å². The lowest BCUT2D eigenvalue weighted by Gasteiger charge is -2.10. The van der Waals surface area contributed by atoms with Gasteiger partial charge in [-0.2, -0.15) is 0 Å². The van der Waals surface area contributed by atoms with Gasteiger partial charge >= 0.3 is 0 Å². The summed E-state index contributed by atoms with van der Waals surface area (Å²) in [4.78, 5) is 6.01. The molecule has 3 aromatic rings. The van der Waals surface area contributed by atoms with E-state index in [0.29, 0.717) is 5.75 Å². The fraction of sp³-hybridized carbons (Fsp3) is 0.286. The molecule has 0 fully saturated rings. The van der Waals surface area contributed by atoms with Crippen LogP contribution in [-0.4, -0.2) is 45.5 Å². The number of methoxy groups -OCH3 is 4. The SMILES string of the molecule is COc1ccc(-c2nc(SCC(OC)OC)sc2-c2ccc(OC)cc2)cc1. The standard InChI is InChI=1S/C21H23NO4S2/c1-23-16-9-5-14(6-10-16)19-20(15-7-11-17(24-2)12-8-15)28-21(22-19)27-13-18(25-3)26-4/h5-12,18H,13H2,1-4H3. The van der Waals surface area contributed by atoms with Gasteiger partial charge in [-0.05, 0) is 54.1 Å². The van der Waals surface area contributed by atoms with E-state index in [1.807, 2.05) is 36.4 Å². The molecule has 0 bridgehead atoms. The highest BCUT2D eigenvalue weighted by atomic mass is 32.2. The van der Waals surface area contributed by atoms with E-state index in [4.69, 9.17) is 23.9 Å². The zero-order valence-electron chi connectivity index (χ0n) is 16.3. The molecule has 0 spiro atoms. The number of hydrogen-bond acceptors (Lipinski definition) is 7. The molecular formula is C21H23NO4S2. The number of rotatable bonds is 9. The van der Waals surface area contributed by atoms with Crippen molar-refractivity contribution in [2.45, 2.75) is 10.6 Å². The van der Waals surface area contributed by atoms with Crippen LogP contribution in [0, 0.1) is 0 Å². The van der Waals surface area contributed by atoms with Crippen LogP contribution < -0.4 is 9.47 Å². The van der Waals surface area contributed by atoms with E-state index in [-0.39, 0.29) is 6.29 Å². The lowest BCUT2D eigenvalue weighted by molar-refractivity contribution is -0.0842. The first kappa shape index (κ1) is 20.7.